The smallest absolute Gasteiger partial charge is 0.137 e. The number of nitrogen functional groups attached to an aromatic ring is 1. The van der Waals surface area contributed by atoms with Gasteiger partial charge < -0.3 is 10.6 Å². The highest BCUT2D eigenvalue weighted by Gasteiger charge is 2.11. The molecule has 0 aliphatic rings. The van der Waals surface area contributed by atoms with Gasteiger partial charge in [-0.25, -0.2) is 9.97 Å². The van der Waals surface area contributed by atoms with Gasteiger partial charge in [0.2, 0.25) is 0 Å². The summed E-state index contributed by atoms with van der Waals surface area (Å²) in [6.07, 6.45) is 7.26. The lowest BCUT2D eigenvalue weighted by Gasteiger charge is -2.21. The van der Waals surface area contributed by atoms with Crippen molar-refractivity contribution >= 4 is 11.6 Å². The number of unbranched alkanes of at least 4 members (excludes halogenated alkanes) is 2. The van der Waals surface area contributed by atoms with Gasteiger partial charge in [0.05, 0.1) is 0 Å². The van der Waals surface area contributed by atoms with Crippen LogP contribution in [0.15, 0.2) is 6.33 Å². The minimum absolute atomic E-state index is 0.624. The topological polar surface area (TPSA) is 55.0 Å². The average molecular weight is 236 g/mol. The molecule has 1 rings (SSSR count). The van der Waals surface area contributed by atoms with E-state index < -0.39 is 0 Å². The van der Waals surface area contributed by atoms with Crippen molar-refractivity contribution in [3.8, 4) is 0 Å². The fraction of sp³-hybridized carbons (Fsp3) is 0.692. The molecule has 1 aromatic rings. The molecule has 4 heteroatoms. The summed E-state index contributed by atoms with van der Waals surface area (Å²) < 4.78 is 0. The average Bonchev–Trinajstić information content (AvgIpc) is 2.32. The molecule has 0 radical (unpaired) electrons. The molecule has 0 aliphatic carbocycles. The summed E-state index contributed by atoms with van der Waals surface area (Å²) in [5.74, 6) is 1.62. The van der Waals surface area contributed by atoms with Crippen LogP contribution in [0.2, 0.25) is 0 Å². The Morgan fingerprint density at radius 3 is 2.59 bits per heavy atom. The van der Waals surface area contributed by atoms with Crippen molar-refractivity contribution in [1.82, 2.24) is 9.97 Å². The van der Waals surface area contributed by atoms with E-state index in [1.807, 2.05) is 0 Å². The van der Waals surface area contributed by atoms with Gasteiger partial charge in [0.15, 0.2) is 0 Å². The van der Waals surface area contributed by atoms with E-state index in [2.05, 4.69) is 35.8 Å². The summed E-state index contributed by atoms with van der Waals surface area (Å²) in [5.41, 5.74) is 7.01. The molecular weight excluding hydrogens is 212 g/mol. The maximum atomic E-state index is 5.92. The van der Waals surface area contributed by atoms with Crippen molar-refractivity contribution in [1.29, 1.82) is 0 Å². The lowest BCUT2D eigenvalue weighted by Crippen LogP contribution is -2.22. The highest BCUT2D eigenvalue weighted by atomic mass is 15.2. The molecule has 17 heavy (non-hydrogen) atoms. The molecule has 0 amide bonds. The number of hydrogen-bond acceptors (Lipinski definition) is 4. The molecule has 0 aliphatic heterocycles. The maximum absolute atomic E-state index is 5.92. The van der Waals surface area contributed by atoms with Crippen LogP contribution in [0, 0.1) is 0 Å². The van der Waals surface area contributed by atoms with Gasteiger partial charge in [-0.1, -0.05) is 33.1 Å². The monoisotopic (exact) mass is 236 g/mol. The van der Waals surface area contributed by atoms with Crippen LogP contribution in [0.4, 0.5) is 11.6 Å². The van der Waals surface area contributed by atoms with Crippen molar-refractivity contribution in [2.24, 2.45) is 0 Å². The Labute approximate surface area is 104 Å². The second-order valence-electron chi connectivity index (χ2n) is 4.44. The second kappa shape index (κ2) is 7.09. The van der Waals surface area contributed by atoms with Gasteiger partial charge in [-0.15, -0.1) is 0 Å². The molecule has 96 valence electrons. The molecular formula is C13H24N4. The molecule has 4 nitrogen and oxygen atoms in total. The van der Waals surface area contributed by atoms with Crippen LogP contribution in [-0.4, -0.2) is 23.6 Å². The fourth-order valence-electron chi connectivity index (χ4n) is 1.94. The third kappa shape index (κ3) is 3.88. The van der Waals surface area contributed by atoms with E-state index in [0.29, 0.717) is 5.82 Å². The van der Waals surface area contributed by atoms with E-state index in [1.165, 1.54) is 19.3 Å². The SMILES string of the molecule is CCCCCN(C)c1ncnc(N)c1CCC. The maximum Gasteiger partial charge on any atom is 0.137 e. The normalized spacial score (nSPS) is 10.5. The zero-order valence-electron chi connectivity index (χ0n) is 11.2. The Morgan fingerprint density at radius 1 is 1.18 bits per heavy atom. The predicted molar refractivity (Wildman–Crippen MR) is 73.2 cm³/mol. The molecule has 1 heterocycles. The van der Waals surface area contributed by atoms with Gasteiger partial charge in [-0.3, -0.25) is 0 Å². The zero-order chi connectivity index (χ0) is 12.7. The summed E-state index contributed by atoms with van der Waals surface area (Å²) >= 11 is 0. The molecule has 0 fully saturated rings. The molecule has 0 saturated heterocycles. The first-order valence-electron chi connectivity index (χ1n) is 6.51. The van der Waals surface area contributed by atoms with E-state index in [-0.39, 0.29) is 0 Å². The number of anilines is 2. The number of nitrogens with two attached hydrogens (primary N) is 1. The Kier molecular flexibility index (Phi) is 5.73. The third-order valence-corrected chi connectivity index (χ3v) is 2.91. The van der Waals surface area contributed by atoms with Crippen LogP contribution >= 0.6 is 0 Å². The van der Waals surface area contributed by atoms with Crippen molar-refractivity contribution in [3.05, 3.63) is 11.9 Å². The van der Waals surface area contributed by atoms with E-state index in [0.717, 1.165) is 30.8 Å². The summed E-state index contributed by atoms with van der Waals surface area (Å²) in [6.45, 7) is 5.39. The first-order chi connectivity index (χ1) is 8.20. The molecule has 0 saturated carbocycles. The summed E-state index contributed by atoms with van der Waals surface area (Å²) in [7, 11) is 2.08. The Morgan fingerprint density at radius 2 is 1.94 bits per heavy atom. The fourth-order valence-corrected chi connectivity index (χ4v) is 1.94. The van der Waals surface area contributed by atoms with Gasteiger partial charge in [-0.05, 0) is 12.8 Å². The molecule has 2 N–H and O–H groups in total. The highest BCUT2D eigenvalue weighted by Crippen LogP contribution is 2.22. The number of rotatable bonds is 7. The van der Waals surface area contributed by atoms with Crippen LogP contribution in [0.3, 0.4) is 0 Å². The quantitative estimate of drug-likeness (QED) is 0.739. The van der Waals surface area contributed by atoms with Crippen LogP contribution in [0.25, 0.3) is 0 Å². The van der Waals surface area contributed by atoms with Crippen molar-refractivity contribution in [2.45, 2.75) is 46.0 Å². The summed E-state index contributed by atoms with van der Waals surface area (Å²) in [4.78, 5) is 10.6. The Bertz CT molecular complexity index is 338. The molecule has 0 aromatic carbocycles. The molecule has 0 unspecified atom stereocenters. The van der Waals surface area contributed by atoms with Gasteiger partial charge in [0.25, 0.3) is 0 Å². The highest BCUT2D eigenvalue weighted by molar-refractivity contribution is 5.56. The molecule has 0 spiro atoms. The molecule has 0 atom stereocenters. The largest absolute Gasteiger partial charge is 0.383 e. The zero-order valence-corrected chi connectivity index (χ0v) is 11.2. The van der Waals surface area contributed by atoms with E-state index in [9.17, 15) is 0 Å². The van der Waals surface area contributed by atoms with Crippen molar-refractivity contribution in [3.63, 3.8) is 0 Å². The van der Waals surface area contributed by atoms with E-state index in [1.54, 1.807) is 6.33 Å². The van der Waals surface area contributed by atoms with Crippen molar-refractivity contribution < 1.29 is 0 Å². The van der Waals surface area contributed by atoms with Crippen LogP contribution in [-0.2, 0) is 6.42 Å². The first-order valence-corrected chi connectivity index (χ1v) is 6.51. The molecule has 1 aromatic heterocycles. The van der Waals surface area contributed by atoms with Gasteiger partial charge in [-0.2, -0.15) is 0 Å². The Balaban J connectivity index is 2.77. The van der Waals surface area contributed by atoms with Crippen molar-refractivity contribution in [2.75, 3.05) is 24.2 Å². The summed E-state index contributed by atoms with van der Waals surface area (Å²) in [6, 6.07) is 0. The predicted octanol–water partition coefficient (Wildman–Crippen LogP) is 2.64. The van der Waals surface area contributed by atoms with Gasteiger partial charge in [0, 0.05) is 19.2 Å². The van der Waals surface area contributed by atoms with Gasteiger partial charge in [0.1, 0.15) is 18.0 Å². The third-order valence-electron chi connectivity index (χ3n) is 2.91. The minimum Gasteiger partial charge on any atom is -0.383 e. The minimum atomic E-state index is 0.624. The van der Waals surface area contributed by atoms with Crippen LogP contribution < -0.4 is 10.6 Å². The van der Waals surface area contributed by atoms with E-state index >= 15 is 0 Å². The summed E-state index contributed by atoms with van der Waals surface area (Å²) in [5, 5.41) is 0. The first kappa shape index (κ1) is 13.7. The van der Waals surface area contributed by atoms with Gasteiger partial charge >= 0.3 is 0 Å². The number of aromatic nitrogens is 2. The standard InChI is InChI=1S/C13H24N4/c1-4-6-7-9-17(3)13-11(8-5-2)12(14)15-10-16-13/h10H,4-9H2,1-3H3,(H2,14,15,16). The number of hydrogen-bond donors (Lipinski definition) is 1. The second-order valence-corrected chi connectivity index (χ2v) is 4.44. The van der Waals surface area contributed by atoms with E-state index in [4.69, 9.17) is 5.73 Å². The van der Waals surface area contributed by atoms with Crippen LogP contribution in [0.1, 0.15) is 45.1 Å². The lowest BCUT2D eigenvalue weighted by molar-refractivity contribution is 0.698. The Hall–Kier alpha value is -1.32. The lowest BCUT2D eigenvalue weighted by atomic mass is 10.1. The number of nitrogens with zero attached hydrogens (tertiary/aromatic N) is 3. The molecule has 0 bridgehead atoms. The van der Waals surface area contributed by atoms with Crippen LogP contribution in [0.5, 0.6) is 0 Å².